The summed E-state index contributed by atoms with van der Waals surface area (Å²) in [5, 5.41) is 5.80. The van der Waals surface area contributed by atoms with Gasteiger partial charge in [0.15, 0.2) is 22.5 Å². The fourth-order valence-corrected chi connectivity index (χ4v) is 3.50. The minimum Gasteiger partial charge on any atom is -0.451 e. The van der Waals surface area contributed by atoms with Gasteiger partial charge in [0.1, 0.15) is 11.6 Å². The van der Waals surface area contributed by atoms with Gasteiger partial charge in [-0.25, -0.2) is 18.7 Å². The fourth-order valence-electron chi connectivity index (χ4n) is 2.75. The van der Waals surface area contributed by atoms with Crippen LogP contribution in [0.15, 0.2) is 72.2 Å². The molecule has 29 heavy (non-hydrogen) atoms. The number of halogens is 2. The molecule has 0 fully saturated rings. The number of anilines is 2. The summed E-state index contributed by atoms with van der Waals surface area (Å²) in [6, 6.07) is 16.9. The highest BCUT2D eigenvalue weighted by molar-refractivity contribution is 7.13. The average Bonchev–Trinajstić information content (AvgIpc) is 3.18. The van der Waals surface area contributed by atoms with Crippen LogP contribution in [0.2, 0.25) is 0 Å². The molecule has 1 N–H and O–H groups in total. The van der Waals surface area contributed by atoms with Crippen LogP contribution in [-0.4, -0.2) is 9.97 Å². The second kappa shape index (κ2) is 8.79. The predicted octanol–water partition coefficient (Wildman–Crippen LogP) is 6.14. The number of rotatable bonds is 7. The highest BCUT2D eigenvalue weighted by Crippen LogP contribution is 2.29. The number of aromatic nitrogens is 2. The summed E-state index contributed by atoms with van der Waals surface area (Å²) in [4.78, 5) is 8.78. The van der Waals surface area contributed by atoms with Crippen LogP contribution in [0.1, 0.15) is 11.3 Å². The molecule has 2 heterocycles. The Balaban J connectivity index is 1.41. The highest BCUT2D eigenvalue weighted by atomic mass is 32.1. The molecule has 4 rings (SSSR count). The normalized spacial score (nSPS) is 10.7. The van der Waals surface area contributed by atoms with Crippen LogP contribution in [0.25, 0.3) is 0 Å². The van der Waals surface area contributed by atoms with Gasteiger partial charge < -0.3 is 10.1 Å². The van der Waals surface area contributed by atoms with Crippen LogP contribution >= 0.6 is 11.3 Å². The number of ether oxygens (including phenoxy) is 1. The summed E-state index contributed by atoms with van der Waals surface area (Å²) < 4.78 is 32.9. The summed E-state index contributed by atoms with van der Waals surface area (Å²) in [6.45, 7) is 0. The van der Waals surface area contributed by atoms with Crippen molar-refractivity contribution >= 4 is 22.3 Å². The van der Waals surface area contributed by atoms with Crippen LogP contribution in [0.3, 0.4) is 0 Å². The van der Waals surface area contributed by atoms with Crippen molar-refractivity contribution in [2.24, 2.45) is 0 Å². The Labute approximate surface area is 170 Å². The first-order valence-corrected chi connectivity index (χ1v) is 9.88. The molecule has 2 aromatic heterocycles. The number of hydrogen-bond acceptors (Lipinski definition) is 5. The third-order valence-corrected chi connectivity index (χ3v) is 4.98. The first-order chi connectivity index (χ1) is 14.2. The summed E-state index contributed by atoms with van der Waals surface area (Å²) in [6.07, 6.45) is 3.26. The van der Waals surface area contributed by atoms with Crippen LogP contribution in [-0.2, 0) is 12.8 Å². The molecule has 4 nitrogen and oxygen atoms in total. The fraction of sp³-hybridized carbons (Fsp3) is 0.0909. The molecule has 0 aliphatic heterocycles. The standard InChI is InChI=1S/C22H17F2N3OS/c23-18-7-4-8-19(24)21(18)28-17-11-12-25-20(13-17)27-22-26-16(14-29-22)10-9-15-5-2-1-3-6-15/h1-8,11-14H,9-10H2,(H,25,26,27). The Morgan fingerprint density at radius 1 is 0.931 bits per heavy atom. The number of para-hydroxylation sites is 1. The van der Waals surface area contributed by atoms with E-state index in [1.807, 2.05) is 23.6 Å². The Morgan fingerprint density at radius 3 is 2.52 bits per heavy atom. The zero-order chi connectivity index (χ0) is 20.1. The van der Waals surface area contributed by atoms with Crippen molar-refractivity contribution < 1.29 is 13.5 Å². The van der Waals surface area contributed by atoms with Crippen molar-refractivity contribution in [2.75, 3.05) is 5.32 Å². The Morgan fingerprint density at radius 2 is 1.72 bits per heavy atom. The third-order valence-electron chi connectivity index (χ3n) is 4.17. The van der Waals surface area contributed by atoms with Crippen molar-refractivity contribution in [3.8, 4) is 11.5 Å². The van der Waals surface area contributed by atoms with Crippen LogP contribution in [0, 0.1) is 11.6 Å². The lowest BCUT2D eigenvalue weighted by molar-refractivity contribution is 0.407. The summed E-state index contributed by atoms with van der Waals surface area (Å²) in [7, 11) is 0. The van der Waals surface area contributed by atoms with Crippen LogP contribution in [0.5, 0.6) is 11.5 Å². The van der Waals surface area contributed by atoms with Gasteiger partial charge in [0, 0.05) is 17.6 Å². The monoisotopic (exact) mass is 409 g/mol. The van der Waals surface area contributed by atoms with Gasteiger partial charge in [0.05, 0.1) is 5.69 Å². The molecule has 0 saturated heterocycles. The Bertz CT molecular complexity index is 1080. The van der Waals surface area contributed by atoms with E-state index in [4.69, 9.17) is 4.74 Å². The maximum Gasteiger partial charge on any atom is 0.198 e. The molecule has 0 amide bonds. The summed E-state index contributed by atoms with van der Waals surface area (Å²) in [5.41, 5.74) is 2.25. The van der Waals surface area contributed by atoms with Crippen molar-refractivity contribution in [1.82, 2.24) is 9.97 Å². The maximum absolute atomic E-state index is 13.8. The lowest BCUT2D eigenvalue weighted by Gasteiger charge is -2.09. The Kier molecular flexibility index (Phi) is 5.76. The number of nitrogens with one attached hydrogen (secondary N) is 1. The SMILES string of the molecule is Fc1cccc(F)c1Oc1ccnc(Nc2nc(CCc3ccccc3)cs2)c1. The summed E-state index contributed by atoms with van der Waals surface area (Å²) in [5.74, 6) is -1.23. The topological polar surface area (TPSA) is 47.0 Å². The van der Waals surface area contributed by atoms with E-state index < -0.39 is 17.4 Å². The van der Waals surface area contributed by atoms with E-state index in [0.717, 1.165) is 30.7 Å². The van der Waals surface area contributed by atoms with Crippen molar-refractivity contribution in [2.45, 2.75) is 12.8 Å². The number of pyridine rings is 1. The van der Waals surface area contributed by atoms with Gasteiger partial charge in [-0.3, -0.25) is 0 Å². The van der Waals surface area contributed by atoms with Gasteiger partial charge in [0.25, 0.3) is 0 Å². The van der Waals surface area contributed by atoms with Gasteiger partial charge in [0.2, 0.25) is 0 Å². The molecule has 0 bridgehead atoms. The third kappa shape index (κ3) is 4.94. The zero-order valence-corrected chi connectivity index (χ0v) is 16.1. The largest absolute Gasteiger partial charge is 0.451 e. The van der Waals surface area contributed by atoms with E-state index in [9.17, 15) is 8.78 Å². The van der Waals surface area contributed by atoms with Crippen molar-refractivity contribution in [3.05, 3.63) is 95.1 Å². The van der Waals surface area contributed by atoms with Crippen LogP contribution < -0.4 is 10.1 Å². The quantitative estimate of drug-likeness (QED) is 0.398. The van der Waals surface area contributed by atoms with Gasteiger partial charge in [-0.05, 0) is 36.6 Å². The van der Waals surface area contributed by atoms with Crippen molar-refractivity contribution in [1.29, 1.82) is 0 Å². The second-order valence-electron chi connectivity index (χ2n) is 6.28. The molecule has 146 valence electrons. The van der Waals surface area contributed by atoms with E-state index in [-0.39, 0.29) is 5.75 Å². The van der Waals surface area contributed by atoms with Gasteiger partial charge in [-0.2, -0.15) is 0 Å². The molecule has 0 unspecified atom stereocenters. The van der Waals surface area contributed by atoms with E-state index in [1.54, 1.807) is 6.07 Å². The molecular weight excluding hydrogens is 392 g/mol. The molecule has 0 aliphatic rings. The van der Waals surface area contributed by atoms with E-state index in [2.05, 4.69) is 27.4 Å². The van der Waals surface area contributed by atoms with E-state index in [1.165, 1.54) is 35.2 Å². The molecule has 0 spiro atoms. The smallest absolute Gasteiger partial charge is 0.198 e. The molecule has 0 atom stereocenters. The highest BCUT2D eigenvalue weighted by Gasteiger charge is 2.12. The molecule has 0 radical (unpaired) electrons. The second-order valence-corrected chi connectivity index (χ2v) is 7.14. The predicted molar refractivity (Wildman–Crippen MR) is 110 cm³/mol. The number of hydrogen-bond donors (Lipinski definition) is 1. The van der Waals surface area contributed by atoms with Gasteiger partial charge in [-0.15, -0.1) is 11.3 Å². The first kappa shape index (κ1) is 19.0. The minimum atomic E-state index is -0.765. The lowest BCUT2D eigenvalue weighted by atomic mass is 10.1. The summed E-state index contributed by atoms with van der Waals surface area (Å²) >= 11 is 1.47. The first-order valence-electron chi connectivity index (χ1n) is 9.00. The minimum absolute atomic E-state index is 0.271. The number of benzene rings is 2. The van der Waals surface area contributed by atoms with Gasteiger partial charge >= 0.3 is 0 Å². The number of thiazole rings is 1. The molecule has 2 aromatic carbocycles. The van der Waals surface area contributed by atoms with Gasteiger partial charge in [-0.1, -0.05) is 36.4 Å². The molecule has 0 saturated carbocycles. The van der Waals surface area contributed by atoms with E-state index in [0.29, 0.717) is 10.9 Å². The number of nitrogens with zero attached hydrogens (tertiary/aromatic N) is 2. The van der Waals surface area contributed by atoms with Crippen LogP contribution in [0.4, 0.5) is 19.7 Å². The van der Waals surface area contributed by atoms with E-state index >= 15 is 0 Å². The molecular formula is C22H17F2N3OS. The maximum atomic E-state index is 13.8. The molecule has 7 heteroatoms. The zero-order valence-electron chi connectivity index (χ0n) is 15.3. The van der Waals surface area contributed by atoms with Crippen molar-refractivity contribution in [3.63, 3.8) is 0 Å². The average molecular weight is 409 g/mol. The Hall–Kier alpha value is -3.32. The number of aryl methyl sites for hydroxylation is 2. The molecule has 0 aliphatic carbocycles. The molecule has 4 aromatic rings. The lowest BCUT2D eigenvalue weighted by Crippen LogP contribution is -1.96.